The molecule has 6 heteroatoms. The van der Waals surface area contributed by atoms with Crippen molar-refractivity contribution in [3.05, 3.63) is 59.5 Å². The smallest absolute Gasteiger partial charge is 0.124 e. The van der Waals surface area contributed by atoms with Crippen molar-refractivity contribution in [3.63, 3.8) is 0 Å². The van der Waals surface area contributed by atoms with Crippen molar-refractivity contribution >= 4 is 5.82 Å². The highest BCUT2D eigenvalue weighted by Crippen LogP contribution is 2.19. The highest BCUT2D eigenvalue weighted by Gasteiger charge is 2.18. The van der Waals surface area contributed by atoms with Crippen molar-refractivity contribution in [2.24, 2.45) is 5.92 Å². The van der Waals surface area contributed by atoms with Crippen molar-refractivity contribution in [1.29, 1.82) is 0 Å². The number of aromatic nitrogens is 4. The van der Waals surface area contributed by atoms with Gasteiger partial charge in [-0.15, -0.1) is 0 Å². The van der Waals surface area contributed by atoms with Gasteiger partial charge in [0.1, 0.15) is 5.82 Å². The number of hydrogen-bond acceptors (Lipinski definition) is 4. The first kappa shape index (κ1) is 15.9. The molecule has 1 aromatic carbocycles. The van der Waals surface area contributed by atoms with E-state index in [1.165, 1.54) is 11.3 Å². The molecular formula is C19H24N6. The number of aryl methyl sites for hydroxylation is 1. The van der Waals surface area contributed by atoms with Crippen molar-refractivity contribution < 1.29 is 0 Å². The maximum absolute atomic E-state index is 4.72. The molecule has 0 fully saturated rings. The minimum atomic E-state index is 0.539. The molecule has 3 heterocycles. The average Bonchev–Trinajstić information content (AvgIpc) is 3.21. The van der Waals surface area contributed by atoms with Crippen molar-refractivity contribution in [2.75, 3.05) is 18.4 Å². The summed E-state index contributed by atoms with van der Waals surface area (Å²) in [7, 11) is 0. The van der Waals surface area contributed by atoms with E-state index in [0.29, 0.717) is 5.92 Å². The van der Waals surface area contributed by atoms with Gasteiger partial charge in [-0.05, 0) is 26.0 Å². The number of nitrogens with zero attached hydrogens (tertiary/aromatic N) is 4. The second-order valence-electron chi connectivity index (χ2n) is 6.67. The van der Waals surface area contributed by atoms with E-state index in [2.05, 4.69) is 41.7 Å². The van der Waals surface area contributed by atoms with Gasteiger partial charge in [0.15, 0.2) is 0 Å². The van der Waals surface area contributed by atoms with Crippen LogP contribution in [-0.4, -0.2) is 32.7 Å². The minimum Gasteiger partial charge on any atom is -0.370 e. The van der Waals surface area contributed by atoms with Crippen LogP contribution in [0.4, 0.5) is 5.82 Å². The van der Waals surface area contributed by atoms with Gasteiger partial charge < -0.3 is 10.6 Å². The Balaban J connectivity index is 1.40. The third-order valence-corrected chi connectivity index (χ3v) is 4.90. The number of hydrogen-bond donors (Lipinski definition) is 2. The summed E-state index contributed by atoms with van der Waals surface area (Å²) >= 11 is 0. The molecule has 2 N–H and O–H groups in total. The largest absolute Gasteiger partial charge is 0.370 e. The van der Waals surface area contributed by atoms with Gasteiger partial charge in [0.25, 0.3) is 0 Å². The fraction of sp³-hybridized carbons (Fsp3) is 0.368. The predicted octanol–water partition coefficient (Wildman–Crippen LogP) is 2.52. The Kier molecular flexibility index (Phi) is 4.28. The molecule has 1 aliphatic rings. The first-order valence-corrected chi connectivity index (χ1v) is 8.79. The van der Waals surface area contributed by atoms with Gasteiger partial charge in [-0.2, -0.15) is 10.2 Å². The maximum Gasteiger partial charge on any atom is 0.124 e. The fourth-order valence-electron chi connectivity index (χ4n) is 3.48. The zero-order chi connectivity index (χ0) is 17.2. The molecule has 2 aromatic heterocycles. The Bertz CT molecular complexity index is 848. The molecule has 0 spiro atoms. The van der Waals surface area contributed by atoms with Gasteiger partial charge in [0.05, 0.1) is 17.6 Å². The summed E-state index contributed by atoms with van der Waals surface area (Å²) in [6.45, 7) is 7.97. The van der Waals surface area contributed by atoms with Crippen LogP contribution in [0.15, 0.2) is 42.6 Å². The molecule has 1 atom stereocenters. The summed E-state index contributed by atoms with van der Waals surface area (Å²) in [5, 5.41) is 16.1. The molecule has 0 bridgehead atoms. The van der Waals surface area contributed by atoms with Crippen molar-refractivity contribution in [2.45, 2.75) is 26.9 Å². The monoisotopic (exact) mass is 336 g/mol. The van der Waals surface area contributed by atoms with E-state index in [1.54, 1.807) is 0 Å². The Morgan fingerprint density at radius 2 is 2.04 bits per heavy atom. The average molecular weight is 336 g/mol. The quantitative estimate of drug-likeness (QED) is 0.752. The first-order valence-electron chi connectivity index (χ1n) is 8.79. The SMILES string of the molecule is Cc1nn(-c2ccccc2)c(C)c1CNC[C@H]1CNc2ccnn2C1. The van der Waals surface area contributed by atoms with Crippen LogP contribution in [0.5, 0.6) is 0 Å². The molecule has 6 nitrogen and oxygen atoms in total. The summed E-state index contributed by atoms with van der Waals surface area (Å²) in [6, 6.07) is 12.3. The fourth-order valence-corrected chi connectivity index (χ4v) is 3.48. The van der Waals surface area contributed by atoms with Crippen molar-refractivity contribution in [3.8, 4) is 5.69 Å². The number of nitrogens with one attached hydrogen (secondary N) is 2. The van der Waals surface area contributed by atoms with Crippen LogP contribution in [0, 0.1) is 19.8 Å². The van der Waals surface area contributed by atoms with E-state index in [4.69, 9.17) is 5.10 Å². The van der Waals surface area contributed by atoms with Gasteiger partial charge in [0, 0.05) is 49.4 Å². The second kappa shape index (κ2) is 6.72. The number of fused-ring (bicyclic) bond motifs is 1. The zero-order valence-corrected chi connectivity index (χ0v) is 14.7. The molecule has 4 rings (SSSR count). The lowest BCUT2D eigenvalue weighted by Gasteiger charge is -2.25. The number of benzene rings is 1. The van der Waals surface area contributed by atoms with Crippen LogP contribution in [0.1, 0.15) is 17.0 Å². The predicted molar refractivity (Wildman–Crippen MR) is 99.0 cm³/mol. The van der Waals surface area contributed by atoms with Gasteiger partial charge in [0.2, 0.25) is 0 Å². The highest BCUT2D eigenvalue weighted by molar-refractivity contribution is 5.37. The van der Waals surface area contributed by atoms with Gasteiger partial charge >= 0.3 is 0 Å². The molecule has 0 radical (unpaired) electrons. The van der Waals surface area contributed by atoms with E-state index in [-0.39, 0.29) is 0 Å². The van der Waals surface area contributed by atoms with Crippen LogP contribution in [0.2, 0.25) is 0 Å². The molecule has 0 aliphatic carbocycles. The number of para-hydroxylation sites is 1. The minimum absolute atomic E-state index is 0.539. The molecule has 1 aliphatic heterocycles. The Labute approximate surface area is 147 Å². The van der Waals surface area contributed by atoms with Crippen LogP contribution in [0.25, 0.3) is 5.69 Å². The summed E-state index contributed by atoms with van der Waals surface area (Å²) in [4.78, 5) is 0. The molecule has 0 unspecified atom stereocenters. The van der Waals surface area contributed by atoms with Crippen LogP contribution < -0.4 is 10.6 Å². The maximum atomic E-state index is 4.72. The molecule has 3 aromatic rings. The second-order valence-corrected chi connectivity index (χ2v) is 6.67. The van der Waals surface area contributed by atoms with E-state index >= 15 is 0 Å². The molecule has 0 saturated carbocycles. The summed E-state index contributed by atoms with van der Waals surface area (Å²) < 4.78 is 4.07. The number of rotatable bonds is 5. The van der Waals surface area contributed by atoms with Crippen LogP contribution in [-0.2, 0) is 13.1 Å². The Morgan fingerprint density at radius 3 is 2.88 bits per heavy atom. The topological polar surface area (TPSA) is 59.7 Å². The Morgan fingerprint density at radius 1 is 1.20 bits per heavy atom. The van der Waals surface area contributed by atoms with Gasteiger partial charge in [-0.25, -0.2) is 9.36 Å². The normalized spacial score (nSPS) is 16.5. The van der Waals surface area contributed by atoms with Gasteiger partial charge in [-0.1, -0.05) is 18.2 Å². The standard InChI is InChI=1S/C19H24N6/c1-14-18(15(2)25(23-14)17-6-4-3-5-7-17)12-20-10-16-11-21-19-8-9-22-24(19)13-16/h3-9,16,20-21H,10-13H2,1-2H3/t16-/m0/s1. The van der Waals surface area contributed by atoms with E-state index in [9.17, 15) is 0 Å². The molecular weight excluding hydrogens is 312 g/mol. The third kappa shape index (κ3) is 3.17. The van der Waals surface area contributed by atoms with Crippen LogP contribution >= 0.6 is 0 Å². The molecule has 0 amide bonds. The van der Waals surface area contributed by atoms with Gasteiger partial charge in [-0.3, -0.25) is 0 Å². The first-order chi connectivity index (χ1) is 12.2. The van der Waals surface area contributed by atoms with Crippen molar-refractivity contribution in [1.82, 2.24) is 24.9 Å². The number of anilines is 1. The van der Waals surface area contributed by atoms with E-state index in [1.807, 2.05) is 39.8 Å². The molecule has 130 valence electrons. The van der Waals surface area contributed by atoms with E-state index < -0.39 is 0 Å². The Hall–Kier alpha value is -2.60. The third-order valence-electron chi connectivity index (χ3n) is 4.90. The molecule has 25 heavy (non-hydrogen) atoms. The summed E-state index contributed by atoms with van der Waals surface area (Å²) in [5.41, 5.74) is 4.68. The highest BCUT2D eigenvalue weighted by atomic mass is 15.3. The summed E-state index contributed by atoms with van der Waals surface area (Å²) in [6.07, 6.45) is 1.85. The van der Waals surface area contributed by atoms with Crippen LogP contribution in [0.3, 0.4) is 0 Å². The lowest BCUT2D eigenvalue weighted by atomic mass is 10.1. The lowest BCUT2D eigenvalue weighted by molar-refractivity contribution is 0.391. The molecule has 0 saturated heterocycles. The van der Waals surface area contributed by atoms with E-state index in [0.717, 1.165) is 43.4 Å². The lowest BCUT2D eigenvalue weighted by Crippen LogP contribution is -2.35. The zero-order valence-electron chi connectivity index (χ0n) is 14.7. The summed E-state index contributed by atoms with van der Waals surface area (Å²) in [5.74, 6) is 1.66.